The maximum atomic E-state index is 12.2. The summed E-state index contributed by atoms with van der Waals surface area (Å²) < 4.78 is 1.11. The Balaban J connectivity index is 1.92. The number of thioether (sulfide) groups is 1. The Morgan fingerprint density at radius 2 is 2.19 bits per heavy atom. The Kier molecular flexibility index (Phi) is 3.75. The van der Waals surface area contributed by atoms with Gasteiger partial charge in [0.25, 0.3) is 0 Å². The summed E-state index contributed by atoms with van der Waals surface area (Å²) in [7, 11) is 0. The summed E-state index contributed by atoms with van der Waals surface area (Å²) in [4.78, 5) is 29.7. The topological polar surface area (TPSA) is 50.3 Å². The second-order valence-electron chi connectivity index (χ2n) is 5.36. The highest BCUT2D eigenvalue weighted by Gasteiger charge is 2.33. The van der Waals surface area contributed by atoms with Crippen molar-refractivity contribution in [2.45, 2.75) is 32.4 Å². The van der Waals surface area contributed by atoms with Gasteiger partial charge < -0.3 is 0 Å². The molecule has 1 saturated heterocycles. The van der Waals surface area contributed by atoms with Gasteiger partial charge in [-0.1, -0.05) is 29.2 Å². The molecular weight excluding hydrogens is 304 g/mol. The number of aryl methyl sites for hydroxylation is 2. The van der Waals surface area contributed by atoms with Crippen molar-refractivity contribution in [2.75, 3.05) is 11.4 Å². The monoisotopic (exact) mass is 320 g/mol. The molecule has 1 fully saturated rings. The molecule has 0 radical (unpaired) electrons. The summed E-state index contributed by atoms with van der Waals surface area (Å²) in [5.41, 5.74) is 3.30. The predicted molar refractivity (Wildman–Crippen MR) is 88.1 cm³/mol. The first-order chi connectivity index (χ1) is 9.94. The smallest absolute Gasteiger partial charge is 0.230 e. The van der Waals surface area contributed by atoms with Crippen LogP contribution in [0.5, 0.6) is 0 Å². The van der Waals surface area contributed by atoms with E-state index in [1.807, 2.05) is 6.92 Å². The van der Waals surface area contributed by atoms with E-state index in [1.54, 1.807) is 23.2 Å². The van der Waals surface area contributed by atoms with E-state index in [0.29, 0.717) is 13.0 Å². The first kappa shape index (κ1) is 14.5. The fourth-order valence-corrected chi connectivity index (χ4v) is 4.73. The van der Waals surface area contributed by atoms with Crippen molar-refractivity contribution in [1.82, 2.24) is 4.98 Å². The third-order valence-corrected chi connectivity index (χ3v) is 5.48. The normalized spacial score (nSPS) is 18.7. The first-order valence-corrected chi connectivity index (χ1v) is 8.49. The number of hydrogen-bond acceptors (Lipinski definition) is 5. The van der Waals surface area contributed by atoms with Crippen LogP contribution in [0.25, 0.3) is 10.2 Å². The van der Waals surface area contributed by atoms with Gasteiger partial charge in [-0.2, -0.15) is 0 Å². The van der Waals surface area contributed by atoms with Gasteiger partial charge in [0, 0.05) is 25.1 Å². The summed E-state index contributed by atoms with van der Waals surface area (Å²) >= 11 is 2.80. The molecular formula is C15H16N2O2S2. The van der Waals surface area contributed by atoms with Gasteiger partial charge in [-0.25, -0.2) is 4.98 Å². The van der Waals surface area contributed by atoms with E-state index < -0.39 is 0 Å². The molecule has 3 rings (SSSR count). The number of hydrogen-bond donors (Lipinski definition) is 0. The van der Waals surface area contributed by atoms with Crippen LogP contribution in [0.15, 0.2) is 12.1 Å². The van der Waals surface area contributed by atoms with Gasteiger partial charge in [0.1, 0.15) is 0 Å². The highest BCUT2D eigenvalue weighted by atomic mass is 32.2. The average Bonchev–Trinajstić information content (AvgIpc) is 2.92. The number of amides is 1. The van der Waals surface area contributed by atoms with Crippen LogP contribution in [0.3, 0.4) is 0 Å². The van der Waals surface area contributed by atoms with E-state index in [2.05, 4.69) is 24.0 Å². The number of anilines is 1. The van der Waals surface area contributed by atoms with E-state index >= 15 is 0 Å². The van der Waals surface area contributed by atoms with E-state index in [1.165, 1.54) is 17.3 Å². The van der Waals surface area contributed by atoms with Crippen LogP contribution >= 0.6 is 23.1 Å². The molecule has 21 heavy (non-hydrogen) atoms. The van der Waals surface area contributed by atoms with Crippen LogP contribution in [0, 0.1) is 13.8 Å². The number of thiazole rings is 1. The molecule has 1 aromatic heterocycles. The van der Waals surface area contributed by atoms with Crippen molar-refractivity contribution in [3.8, 4) is 0 Å². The largest absolute Gasteiger partial charge is 0.288 e. The minimum Gasteiger partial charge on any atom is -0.288 e. The number of carbonyl (C=O) groups is 2. The standard InChI is InChI=1S/C15H16N2O2S2/c1-8-4-9(2)14-12(5-8)21-15(16-14)17-7-11(6-13(17)19)20-10(3)18/h4-5,11H,6-7H2,1-3H3. The molecule has 0 saturated carbocycles. The fraction of sp³-hybridized carbons (Fsp3) is 0.400. The number of nitrogens with zero attached hydrogens (tertiary/aromatic N) is 2. The van der Waals surface area contributed by atoms with Crippen LogP contribution in [0.4, 0.5) is 5.13 Å². The highest BCUT2D eigenvalue weighted by molar-refractivity contribution is 8.14. The second kappa shape index (κ2) is 5.42. The van der Waals surface area contributed by atoms with Gasteiger partial charge in [0.15, 0.2) is 10.2 Å². The summed E-state index contributed by atoms with van der Waals surface area (Å²) in [6.07, 6.45) is 0.415. The maximum Gasteiger partial charge on any atom is 0.230 e. The Bertz CT molecular complexity index is 739. The van der Waals surface area contributed by atoms with E-state index in [0.717, 1.165) is 20.9 Å². The maximum absolute atomic E-state index is 12.2. The molecule has 1 amide bonds. The molecule has 2 aromatic rings. The predicted octanol–water partition coefficient (Wildman–Crippen LogP) is 3.30. The minimum absolute atomic E-state index is 0.0462. The van der Waals surface area contributed by atoms with E-state index in [4.69, 9.17) is 0 Å². The molecule has 0 aliphatic carbocycles. The lowest BCUT2D eigenvalue weighted by Crippen LogP contribution is -2.24. The fourth-order valence-electron chi connectivity index (χ4n) is 2.65. The summed E-state index contributed by atoms with van der Waals surface area (Å²) in [5, 5.41) is 0.852. The SMILES string of the molecule is CC(=O)SC1CC(=O)N(c2nc3c(C)cc(C)cc3s2)C1. The molecule has 4 nitrogen and oxygen atoms in total. The number of benzene rings is 1. The van der Waals surface area contributed by atoms with Crippen LogP contribution in [0.1, 0.15) is 24.5 Å². The lowest BCUT2D eigenvalue weighted by atomic mass is 10.1. The molecule has 2 heterocycles. The van der Waals surface area contributed by atoms with Gasteiger partial charge in [0.05, 0.1) is 10.2 Å². The molecule has 1 aliphatic heterocycles. The zero-order valence-corrected chi connectivity index (χ0v) is 13.8. The van der Waals surface area contributed by atoms with Gasteiger partial charge in [-0.15, -0.1) is 0 Å². The molecule has 110 valence electrons. The number of carbonyl (C=O) groups excluding carboxylic acids is 2. The molecule has 1 atom stereocenters. The van der Waals surface area contributed by atoms with Crippen molar-refractivity contribution >= 4 is 49.5 Å². The number of fused-ring (bicyclic) bond motifs is 1. The van der Waals surface area contributed by atoms with Gasteiger partial charge in [-0.3, -0.25) is 14.5 Å². The quantitative estimate of drug-likeness (QED) is 0.852. The summed E-state index contributed by atoms with van der Waals surface area (Å²) in [5.74, 6) is 0.0576. The van der Waals surface area contributed by atoms with E-state index in [9.17, 15) is 9.59 Å². The molecule has 1 unspecified atom stereocenters. The Labute approximate surface area is 131 Å². The first-order valence-electron chi connectivity index (χ1n) is 6.79. The third kappa shape index (κ3) is 2.82. The minimum atomic E-state index is 0.0462. The number of aromatic nitrogens is 1. The molecule has 6 heteroatoms. The van der Waals surface area contributed by atoms with Crippen molar-refractivity contribution in [3.05, 3.63) is 23.3 Å². The highest BCUT2D eigenvalue weighted by Crippen LogP contribution is 2.35. The number of rotatable bonds is 2. The van der Waals surface area contributed by atoms with Crippen LogP contribution < -0.4 is 4.90 Å². The van der Waals surface area contributed by atoms with E-state index in [-0.39, 0.29) is 16.3 Å². The third-order valence-electron chi connectivity index (χ3n) is 3.47. The Hall–Kier alpha value is -1.40. The zero-order valence-electron chi connectivity index (χ0n) is 12.2. The summed E-state index contributed by atoms with van der Waals surface area (Å²) in [6, 6.07) is 4.21. The zero-order chi connectivity index (χ0) is 15.1. The van der Waals surface area contributed by atoms with Crippen molar-refractivity contribution in [2.24, 2.45) is 0 Å². The molecule has 1 aliphatic rings. The Morgan fingerprint density at radius 1 is 1.43 bits per heavy atom. The van der Waals surface area contributed by atoms with Crippen LogP contribution in [0.2, 0.25) is 0 Å². The van der Waals surface area contributed by atoms with Gasteiger partial charge in [-0.05, 0) is 31.0 Å². The lowest BCUT2D eigenvalue weighted by Gasteiger charge is -2.11. The van der Waals surface area contributed by atoms with Crippen molar-refractivity contribution < 1.29 is 9.59 Å². The Morgan fingerprint density at radius 3 is 2.90 bits per heavy atom. The average molecular weight is 320 g/mol. The van der Waals surface area contributed by atoms with Gasteiger partial charge >= 0.3 is 0 Å². The van der Waals surface area contributed by atoms with Crippen LogP contribution in [-0.4, -0.2) is 27.8 Å². The van der Waals surface area contributed by atoms with Crippen LogP contribution in [-0.2, 0) is 9.59 Å². The molecule has 1 aromatic carbocycles. The van der Waals surface area contributed by atoms with Crippen molar-refractivity contribution in [1.29, 1.82) is 0 Å². The molecule has 0 bridgehead atoms. The van der Waals surface area contributed by atoms with Crippen molar-refractivity contribution in [3.63, 3.8) is 0 Å². The second-order valence-corrected chi connectivity index (χ2v) is 7.85. The molecule has 0 N–H and O–H groups in total. The lowest BCUT2D eigenvalue weighted by molar-refractivity contribution is -0.117. The molecule has 0 spiro atoms. The van der Waals surface area contributed by atoms with Gasteiger partial charge in [0.2, 0.25) is 5.91 Å². The summed E-state index contributed by atoms with van der Waals surface area (Å²) in [6.45, 7) is 6.22.